The maximum atomic E-state index is 13.6. The second kappa shape index (κ2) is 9.19. The van der Waals surface area contributed by atoms with Crippen LogP contribution in [0.5, 0.6) is 0 Å². The van der Waals surface area contributed by atoms with Crippen molar-refractivity contribution in [1.29, 1.82) is 0 Å². The number of aromatic amines is 1. The van der Waals surface area contributed by atoms with Crippen LogP contribution in [0.3, 0.4) is 0 Å². The molecule has 4 N–H and O–H groups in total. The lowest BCUT2D eigenvalue weighted by molar-refractivity contribution is -0.235. The molecule has 5 atom stereocenters. The zero-order valence-electron chi connectivity index (χ0n) is 18.7. The van der Waals surface area contributed by atoms with E-state index in [1.165, 1.54) is 41.0 Å². The van der Waals surface area contributed by atoms with E-state index in [0.717, 1.165) is 10.9 Å². The Bertz CT molecular complexity index is 1320. The highest BCUT2D eigenvalue weighted by Crippen LogP contribution is 2.32. The predicted octanol–water partition coefficient (Wildman–Crippen LogP) is 1.32. The highest BCUT2D eigenvalue weighted by atomic mass is 19.1. The summed E-state index contributed by atoms with van der Waals surface area (Å²) in [6.45, 7) is -0.555. The minimum atomic E-state index is -1.42. The van der Waals surface area contributed by atoms with E-state index in [1.807, 2.05) is 24.3 Å². The number of rotatable bonds is 5. The Balaban J connectivity index is 1.44. The van der Waals surface area contributed by atoms with Crippen LogP contribution in [-0.2, 0) is 4.74 Å². The summed E-state index contributed by atoms with van der Waals surface area (Å²) in [7, 11) is 1.46. The first-order valence-corrected chi connectivity index (χ1v) is 11.0. The third kappa shape index (κ3) is 4.19. The molecule has 0 saturated carbocycles. The molecule has 35 heavy (non-hydrogen) atoms. The Morgan fingerprint density at radius 2 is 1.97 bits per heavy atom. The van der Waals surface area contributed by atoms with E-state index in [4.69, 9.17) is 4.74 Å². The number of para-hydroxylation sites is 1. The van der Waals surface area contributed by atoms with Crippen molar-refractivity contribution in [3.05, 3.63) is 72.3 Å². The summed E-state index contributed by atoms with van der Waals surface area (Å²) in [6.07, 6.45) is -3.63. The first-order valence-electron chi connectivity index (χ1n) is 11.0. The Kier molecular flexibility index (Phi) is 6.07. The van der Waals surface area contributed by atoms with Crippen LogP contribution in [0.4, 0.5) is 4.39 Å². The number of H-pyrrole nitrogens is 1. The average molecular weight is 481 g/mol. The molecule has 5 rings (SSSR count). The highest BCUT2D eigenvalue weighted by molar-refractivity contribution is 5.98. The van der Waals surface area contributed by atoms with E-state index in [1.54, 1.807) is 12.1 Å². The van der Waals surface area contributed by atoms with Gasteiger partial charge in [0.25, 0.3) is 5.91 Å². The Morgan fingerprint density at radius 3 is 2.71 bits per heavy atom. The largest absolute Gasteiger partial charge is 0.394 e. The lowest BCUT2D eigenvalue weighted by atomic mass is 9.95. The molecule has 2 aromatic carbocycles. The lowest BCUT2D eigenvalue weighted by Crippen LogP contribution is -2.61. The Morgan fingerprint density at radius 1 is 1.17 bits per heavy atom. The van der Waals surface area contributed by atoms with Gasteiger partial charge in [0.15, 0.2) is 6.23 Å². The smallest absolute Gasteiger partial charge is 0.272 e. The lowest BCUT2D eigenvalue weighted by Gasteiger charge is -2.44. The van der Waals surface area contributed by atoms with Gasteiger partial charge in [-0.2, -0.15) is 0 Å². The first kappa shape index (κ1) is 23.1. The van der Waals surface area contributed by atoms with Crippen LogP contribution in [0, 0.1) is 5.82 Å². The second-order valence-electron chi connectivity index (χ2n) is 8.50. The molecule has 1 aliphatic rings. The molecule has 4 aromatic rings. The SMILES string of the molecule is CN(C(=O)c1cc2ccccc2[nH]1)[C@@H]1OC(CO)[C@H](O)C(n2cc(-c3cccc(F)c3)nn2)C1O. The molecule has 1 saturated heterocycles. The monoisotopic (exact) mass is 481 g/mol. The molecule has 10 nitrogen and oxygen atoms in total. The molecular formula is C24H24FN5O5. The molecule has 3 unspecified atom stereocenters. The number of carbonyl (C=O) groups excluding carboxylic acids is 1. The van der Waals surface area contributed by atoms with E-state index in [0.29, 0.717) is 17.0 Å². The van der Waals surface area contributed by atoms with Crippen molar-refractivity contribution in [1.82, 2.24) is 24.9 Å². The fourth-order valence-corrected chi connectivity index (χ4v) is 4.41. The molecular weight excluding hydrogens is 457 g/mol. The molecule has 0 bridgehead atoms. The number of aliphatic hydroxyl groups excluding tert-OH is 3. The third-order valence-corrected chi connectivity index (χ3v) is 6.27. The van der Waals surface area contributed by atoms with E-state index in [9.17, 15) is 24.5 Å². The molecule has 0 radical (unpaired) electrons. The summed E-state index contributed by atoms with van der Waals surface area (Å²) in [5.74, 6) is -0.892. The van der Waals surface area contributed by atoms with E-state index in [2.05, 4.69) is 15.3 Å². The molecule has 3 heterocycles. The standard InChI is InChI=1S/C24H24FN5O5/c1-29(23(34)17-10-14-5-2-3-8-16(14)26-17)24-22(33)20(21(32)19(12-31)35-24)30-11-18(27-28-30)13-6-4-7-15(25)9-13/h2-11,19-22,24,26,31-33H,12H2,1H3/t19?,20?,21-,22?,24+/m0/s1. The van der Waals surface area contributed by atoms with Crippen LogP contribution < -0.4 is 0 Å². The summed E-state index contributed by atoms with van der Waals surface area (Å²) in [4.78, 5) is 17.5. The van der Waals surface area contributed by atoms with Crippen LogP contribution in [0.15, 0.2) is 60.8 Å². The van der Waals surface area contributed by atoms with Crippen LogP contribution in [0.25, 0.3) is 22.2 Å². The van der Waals surface area contributed by atoms with Gasteiger partial charge < -0.3 is 29.9 Å². The molecule has 1 fully saturated rings. The quantitative estimate of drug-likeness (QED) is 0.337. The van der Waals surface area contributed by atoms with Gasteiger partial charge in [0.05, 0.1) is 12.8 Å². The van der Waals surface area contributed by atoms with Gasteiger partial charge in [-0.1, -0.05) is 35.5 Å². The number of benzene rings is 2. The van der Waals surface area contributed by atoms with E-state index < -0.39 is 48.9 Å². The molecule has 1 aliphatic heterocycles. The summed E-state index contributed by atoms with van der Waals surface area (Å²) in [5.41, 5.74) is 1.87. The van der Waals surface area contributed by atoms with Crippen molar-refractivity contribution < 1.29 is 29.2 Å². The van der Waals surface area contributed by atoms with Gasteiger partial charge >= 0.3 is 0 Å². The number of aromatic nitrogens is 4. The first-order chi connectivity index (χ1) is 16.9. The van der Waals surface area contributed by atoms with Gasteiger partial charge in [-0.15, -0.1) is 5.10 Å². The van der Waals surface area contributed by atoms with Crippen molar-refractivity contribution in [2.45, 2.75) is 30.6 Å². The number of carbonyl (C=O) groups is 1. The summed E-state index contributed by atoms with van der Waals surface area (Å²) >= 11 is 0. The number of aliphatic hydroxyl groups is 3. The minimum Gasteiger partial charge on any atom is -0.394 e. The van der Waals surface area contributed by atoms with Crippen molar-refractivity contribution >= 4 is 16.8 Å². The van der Waals surface area contributed by atoms with Crippen molar-refractivity contribution in [3.63, 3.8) is 0 Å². The number of halogens is 1. The maximum Gasteiger partial charge on any atom is 0.272 e. The number of hydrogen-bond donors (Lipinski definition) is 4. The second-order valence-corrected chi connectivity index (χ2v) is 8.50. The van der Waals surface area contributed by atoms with Crippen molar-refractivity contribution in [2.24, 2.45) is 0 Å². The highest BCUT2D eigenvalue weighted by Gasteiger charge is 2.48. The van der Waals surface area contributed by atoms with Crippen molar-refractivity contribution in [2.75, 3.05) is 13.7 Å². The summed E-state index contributed by atoms with van der Waals surface area (Å²) in [6, 6.07) is 13.8. The molecule has 2 aromatic heterocycles. The van der Waals surface area contributed by atoms with Gasteiger partial charge in [-0.25, -0.2) is 9.07 Å². The maximum absolute atomic E-state index is 13.6. The zero-order valence-corrected chi connectivity index (χ0v) is 18.7. The fourth-order valence-electron chi connectivity index (χ4n) is 4.41. The Hall–Kier alpha value is -3.64. The normalized spacial score (nSPS) is 24.5. The van der Waals surface area contributed by atoms with E-state index in [-0.39, 0.29) is 0 Å². The van der Waals surface area contributed by atoms with Gasteiger partial charge in [0.1, 0.15) is 41.6 Å². The number of fused-ring (bicyclic) bond motifs is 1. The van der Waals surface area contributed by atoms with Crippen LogP contribution >= 0.6 is 0 Å². The Labute approximate surface area is 199 Å². The minimum absolute atomic E-state index is 0.293. The molecule has 1 amide bonds. The summed E-state index contributed by atoms with van der Waals surface area (Å²) in [5, 5.41) is 40.7. The van der Waals surface area contributed by atoms with Gasteiger partial charge in [0, 0.05) is 23.5 Å². The molecule has 11 heteroatoms. The fraction of sp³-hybridized carbons (Fsp3) is 0.292. The van der Waals surface area contributed by atoms with Crippen molar-refractivity contribution in [3.8, 4) is 11.3 Å². The molecule has 0 spiro atoms. The van der Waals surface area contributed by atoms with Gasteiger partial charge in [-0.05, 0) is 24.3 Å². The van der Waals surface area contributed by atoms with Crippen LogP contribution in [0.1, 0.15) is 16.5 Å². The number of amides is 1. The molecule has 0 aliphatic carbocycles. The predicted molar refractivity (Wildman–Crippen MR) is 123 cm³/mol. The topological polar surface area (TPSA) is 137 Å². The van der Waals surface area contributed by atoms with Gasteiger partial charge in [0.2, 0.25) is 0 Å². The van der Waals surface area contributed by atoms with Crippen LogP contribution in [-0.4, -0.2) is 84.3 Å². The number of likely N-dealkylation sites (N-methyl/N-ethyl adjacent to an activating group) is 1. The number of nitrogens with zero attached hydrogens (tertiary/aromatic N) is 4. The average Bonchev–Trinajstić information content (AvgIpc) is 3.51. The number of nitrogens with one attached hydrogen (secondary N) is 1. The number of ether oxygens (including phenoxy) is 1. The third-order valence-electron chi connectivity index (χ3n) is 6.27. The summed E-state index contributed by atoms with van der Waals surface area (Å²) < 4.78 is 20.6. The molecule has 182 valence electrons. The van der Waals surface area contributed by atoms with E-state index >= 15 is 0 Å². The zero-order chi connectivity index (χ0) is 24.7. The number of hydrogen-bond acceptors (Lipinski definition) is 7. The van der Waals surface area contributed by atoms with Gasteiger partial charge in [-0.3, -0.25) is 4.79 Å². The van der Waals surface area contributed by atoms with Crippen LogP contribution in [0.2, 0.25) is 0 Å².